The molecule has 2 aliphatic rings. The van der Waals surface area contributed by atoms with Crippen molar-refractivity contribution in [2.24, 2.45) is 0 Å². The van der Waals surface area contributed by atoms with E-state index in [1.165, 1.54) is 33.8 Å². The van der Waals surface area contributed by atoms with Crippen molar-refractivity contribution in [1.82, 2.24) is 24.7 Å². The van der Waals surface area contributed by atoms with Crippen molar-refractivity contribution in [1.29, 1.82) is 0 Å². The van der Waals surface area contributed by atoms with Gasteiger partial charge in [0.1, 0.15) is 0 Å². The van der Waals surface area contributed by atoms with Gasteiger partial charge in [-0.3, -0.25) is 9.88 Å². The minimum atomic E-state index is 0.000876. The van der Waals surface area contributed by atoms with Gasteiger partial charge in [0.05, 0.1) is 31.0 Å². The molecule has 2 aliphatic heterocycles. The molecular formula is C28H35N5OS. The summed E-state index contributed by atoms with van der Waals surface area (Å²) in [4.78, 5) is 9.56. The molecule has 0 amide bonds. The Bertz CT molecular complexity index is 1200. The second-order valence-corrected chi connectivity index (χ2v) is 10.1. The number of hydrogen-bond acceptors (Lipinski definition) is 4. The van der Waals surface area contributed by atoms with Crippen LogP contribution in [0.15, 0.2) is 48.7 Å². The van der Waals surface area contributed by atoms with Crippen LogP contribution < -0.4 is 5.32 Å². The first-order valence-electron chi connectivity index (χ1n) is 12.5. The molecule has 4 heterocycles. The van der Waals surface area contributed by atoms with E-state index in [1.54, 1.807) is 0 Å². The van der Waals surface area contributed by atoms with Crippen molar-refractivity contribution in [2.75, 3.05) is 39.4 Å². The number of hydrogen-bond donors (Lipinski definition) is 1. The zero-order valence-electron chi connectivity index (χ0n) is 21.1. The molecule has 0 saturated carbocycles. The largest absolute Gasteiger partial charge is 0.379 e. The average Bonchev–Trinajstić information content (AvgIpc) is 3.35. The van der Waals surface area contributed by atoms with E-state index in [9.17, 15) is 0 Å². The van der Waals surface area contributed by atoms with Crippen molar-refractivity contribution in [3.63, 3.8) is 0 Å². The van der Waals surface area contributed by atoms with E-state index < -0.39 is 0 Å². The van der Waals surface area contributed by atoms with Crippen LogP contribution in [0.4, 0.5) is 0 Å². The smallest absolute Gasteiger partial charge is 0.170 e. The van der Waals surface area contributed by atoms with E-state index in [0.717, 1.165) is 50.2 Å². The third-order valence-electron chi connectivity index (χ3n) is 7.35. The fraction of sp³-hybridized carbons (Fsp3) is 0.429. The Hall–Kier alpha value is -2.74. The molecule has 0 radical (unpaired) electrons. The molecular weight excluding hydrogens is 454 g/mol. The summed E-state index contributed by atoms with van der Waals surface area (Å²) < 4.78 is 7.94. The van der Waals surface area contributed by atoms with Crippen molar-refractivity contribution in [3.8, 4) is 5.69 Å². The lowest BCUT2D eigenvalue weighted by atomic mass is 9.96. The highest BCUT2D eigenvalue weighted by Gasteiger charge is 2.41. The second-order valence-electron chi connectivity index (χ2n) is 9.73. The Kier molecular flexibility index (Phi) is 6.91. The van der Waals surface area contributed by atoms with Gasteiger partial charge in [-0.25, -0.2) is 0 Å². The molecule has 0 unspecified atom stereocenters. The van der Waals surface area contributed by atoms with Crippen LogP contribution in [0.2, 0.25) is 0 Å². The molecule has 1 N–H and O–H groups in total. The number of pyridine rings is 1. The third-order valence-corrected chi connectivity index (χ3v) is 7.71. The van der Waals surface area contributed by atoms with E-state index >= 15 is 0 Å². The summed E-state index contributed by atoms with van der Waals surface area (Å²) in [6, 6.07) is 15.2. The van der Waals surface area contributed by atoms with Crippen LogP contribution in [0.25, 0.3) is 5.69 Å². The van der Waals surface area contributed by atoms with Gasteiger partial charge in [0.2, 0.25) is 0 Å². The summed E-state index contributed by atoms with van der Waals surface area (Å²) in [5, 5.41) is 4.42. The summed E-state index contributed by atoms with van der Waals surface area (Å²) in [7, 11) is 0. The van der Waals surface area contributed by atoms with Crippen molar-refractivity contribution in [3.05, 3.63) is 82.4 Å². The third kappa shape index (κ3) is 4.73. The first-order chi connectivity index (χ1) is 16.9. The van der Waals surface area contributed by atoms with Gasteiger partial charge in [-0.2, -0.15) is 0 Å². The molecule has 184 valence electrons. The predicted molar refractivity (Wildman–Crippen MR) is 144 cm³/mol. The summed E-state index contributed by atoms with van der Waals surface area (Å²) in [5.41, 5.74) is 8.59. The van der Waals surface area contributed by atoms with Gasteiger partial charge in [-0.1, -0.05) is 18.2 Å². The molecule has 1 aromatic carbocycles. The molecule has 35 heavy (non-hydrogen) atoms. The van der Waals surface area contributed by atoms with Crippen LogP contribution in [0.1, 0.15) is 45.9 Å². The lowest BCUT2D eigenvalue weighted by Crippen LogP contribution is -2.42. The van der Waals surface area contributed by atoms with Gasteiger partial charge in [0.25, 0.3) is 0 Å². The first kappa shape index (κ1) is 24.0. The molecule has 3 aromatic rings. The molecule has 0 aliphatic carbocycles. The van der Waals surface area contributed by atoms with Crippen molar-refractivity contribution < 1.29 is 4.74 Å². The number of thiocarbonyl (C=S) groups is 1. The van der Waals surface area contributed by atoms with Crippen LogP contribution in [-0.4, -0.2) is 63.9 Å². The highest BCUT2D eigenvalue weighted by molar-refractivity contribution is 7.80. The summed E-state index contributed by atoms with van der Waals surface area (Å²) in [5.74, 6) is 0. The van der Waals surface area contributed by atoms with Crippen molar-refractivity contribution in [2.45, 2.75) is 39.8 Å². The number of aromatic nitrogens is 2. The topological polar surface area (TPSA) is 45.6 Å². The molecule has 2 saturated heterocycles. The Labute approximate surface area is 213 Å². The van der Waals surface area contributed by atoms with E-state index in [-0.39, 0.29) is 12.1 Å². The van der Waals surface area contributed by atoms with Gasteiger partial charge < -0.3 is 19.5 Å². The standard InChI is InChI=1S/C28H35N5OS/c1-19-8-9-20(2)25(17-19)33-21(3)18-23(22(33)4)27-26(24-7-5-6-10-29-24)30-28(35)32(27)12-11-31-13-15-34-16-14-31/h5-10,17-18,26-27H,11-16H2,1-4H3,(H,30,35)/t26-,27-/m0/s1. The number of aryl methyl sites for hydroxylation is 3. The Morgan fingerprint density at radius 3 is 2.57 bits per heavy atom. The maximum Gasteiger partial charge on any atom is 0.170 e. The van der Waals surface area contributed by atoms with Crippen LogP contribution in [0.5, 0.6) is 0 Å². The molecule has 2 fully saturated rings. The normalized spacial score (nSPS) is 20.9. The van der Waals surface area contributed by atoms with Crippen LogP contribution in [0.3, 0.4) is 0 Å². The maximum absolute atomic E-state index is 5.91. The molecule has 5 rings (SSSR count). The van der Waals surface area contributed by atoms with E-state index in [0.29, 0.717) is 0 Å². The van der Waals surface area contributed by atoms with Gasteiger partial charge >= 0.3 is 0 Å². The number of benzene rings is 1. The SMILES string of the molecule is Cc1ccc(C)c(-n2c(C)cc([C@H]3[C@H](c4ccccn4)NC(=S)N3CCN3CCOCC3)c2C)c1. The molecule has 0 bridgehead atoms. The molecule has 7 heteroatoms. The summed E-state index contributed by atoms with van der Waals surface area (Å²) >= 11 is 5.91. The molecule has 2 atom stereocenters. The Morgan fingerprint density at radius 1 is 1.03 bits per heavy atom. The highest BCUT2D eigenvalue weighted by Crippen LogP contribution is 2.41. The zero-order valence-corrected chi connectivity index (χ0v) is 21.9. The second kappa shape index (κ2) is 10.1. The minimum absolute atomic E-state index is 0.000876. The highest BCUT2D eigenvalue weighted by atomic mass is 32.1. The van der Waals surface area contributed by atoms with E-state index in [2.05, 4.69) is 83.8 Å². The molecule has 0 spiro atoms. The number of rotatable bonds is 6. The monoisotopic (exact) mass is 489 g/mol. The fourth-order valence-corrected chi connectivity index (χ4v) is 5.81. The van der Waals surface area contributed by atoms with E-state index in [4.69, 9.17) is 21.9 Å². The van der Waals surface area contributed by atoms with E-state index in [1.807, 2.05) is 12.3 Å². The predicted octanol–water partition coefficient (Wildman–Crippen LogP) is 4.41. The molecule has 6 nitrogen and oxygen atoms in total. The fourth-order valence-electron chi connectivity index (χ4n) is 5.48. The average molecular weight is 490 g/mol. The van der Waals surface area contributed by atoms with Crippen LogP contribution in [-0.2, 0) is 4.74 Å². The van der Waals surface area contributed by atoms with Crippen LogP contribution >= 0.6 is 12.2 Å². The van der Waals surface area contributed by atoms with Crippen molar-refractivity contribution >= 4 is 17.3 Å². The molecule has 2 aromatic heterocycles. The number of morpholine rings is 1. The zero-order chi connectivity index (χ0) is 24.5. The summed E-state index contributed by atoms with van der Waals surface area (Å²) in [6.07, 6.45) is 1.87. The minimum Gasteiger partial charge on any atom is -0.379 e. The summed E-state index contributed by atoms with van der Waals surface area (Å²) in [6.45, 7) is 14.2. The number of nitrogens with one attached hydrogen (secondary N) is 1. The lowest BCUT2D eigenvalue weighted by molar-refractivity contribution is 0.0350. The lowest BCUT2D eigenvalue weighted by Gasteiger charge is -2.32. The maximum atomic E-state index is 5.91. The van der Waals surface area contributed by atoms with Gasteiger partial charge in [0, 0.05) is 49.5 Å². The van der Waals surface area contributed by atoms with Gasteiger partial charge in [0.15, 0.2) is 5.11 Å². The van der Waals surface area contributed by atoms with Crippen LogP contribution in [0, 0.1) is 27.7 Å². The number of nitrogens with zero attached hydrogens (tertiary/aromatic N) is 4. The number of ether oxygens (including phenoxy) is 1. The van der Waals surface area contributed by atoms with Gasteiger partial charge in [-0.15, -0.1) is 0 Å². The quantitative estimate of drug-likeness (QED) is 0.518. The van der Waals surface area contributed by atoms with Gasteiger partial charge in [-0.05, 0) is 80.9 Å². The first-order valence-corrected chi connectivity index (χ1v) is 12.9. The Morgan fingerprint density at radius 2 is 1.83 bits per heavy atom. The Balaban J connectivity index is 1.55.